The predicted molar refractivity (Wildman–Crippen MR) is 138 cm³/mol. The van der Waals surface area contributed by atoms with Crippen LogP contribution in [0.1, 0.15) is 43.6 Å². The lowest BCUT2D eigenvalue weighted by atomic mass is 10.1. The van der Waals surface area contributed by atoms with Crippen LogP contribution in [0.4, 0.5) is 5.69 Å². The number of Topliss-reactive ketones (excluding diaryl/α,β-unsaturated/α-hetero) is 1. The van der Waals surface area contributed by atoms with E-state index in [0.29, 0.717) is 18.5 Å². The summed E-state index contributed by atoms with van der Waals surface area (Å²) in [4.78, 5) is 39.5. The standard InChI is InChI=1S/C26H35N3O5S/c1-19(2)17-27-26(32)20(3)28(15-14-22-10-7-6-8-11-22)25(31)18-29(35(5,33)34)24-13-9-12-23(16-24)21(4)30/h6-13,16,19-20H,14-15,17-18H2,1-5H3,(H,27,32)/t20-/m0/s1. The Kier molecular flexibility index (Phi) is 10.0. The predicted octanol–water partition coefficient (Wildman–Crippen LogP) is 2.89. The number of carbonyl (C=O) groups is 3. The zero-order valence-electron chi connectivity index (χ0n) is 21.0. The highest BCUT2D eigenvalue weighted by Gasteiger charge is 2.30. The molecule has 0 fully saturated rings. The molecule has 1 N–H and O–H groups in total. The van der Waals surface area contributed by atoms with Crippen molar-refractivity contribution in [2.45, 2.75) is 40.2 Å². The molecule has 0 saturated heterocycles. The molecular weight excluding hydrogens is 466 g/mol. The van der Waals surface area contributed by atoms with Crippen molar-refractivity contribution in [3.05, 3.63) is 65.7 Å². The van der Waals surface area contributed by atoms with Crippen LogP contribution in [0, 0.1) is 5.92 Å². The van der Waals surface area contributed by atoms with Crippen LogP contribution in [0.15, 0.2) is 54.6 Å². The Bertz CT molecular complexity index is 1130. The molecule has 2 amide bonds. The molecule has 0 bridgehead atoms. The Hall–Kier alpha value is -3.20. The van der Waals surface area contributed by atoms with Crippen molar-refractivity contribution in [1.29, 1.82) is 0 Å². The summed E-state index contributed by atoms with van der Waals surface area (Å²) in [5, 5.41) is 2.85. The van der Waals surface area contributed by atoms with Crippen LogP contribution in [0.3, 0.4) is 0 Å². The van der Waals surface area contributed by atoms with Crippen molar-refractivity contribution in [1.82, 2.24) is 10.2 Å². The monoisotopic (exact) mass is 501 g/mol. The topological polar surface area (TPSA) is 104 Å². The lowest BCUT2D eigenvalue weighted by molar-refractivity contribution is -0.138. The first-order chi connectivity index (χ1) is 16.4. The Balaban J connectivity index is 2.33. The average molecular weight is 502 g/mol. The second-order valence-electron chi connectivity index (χ2n) is 9.01. The number of ketones is 1. The van der Waals surface area contributed by atoms with E-state index in [1.807, 2.05) is 44.2 Å². The molecule has 2 aromatic carbocycles. The van der Waals surface area contributed by atoms with Gasteiger partial charge in [-0.05, 0) is 43.9 Å². The van der Waals surface area contributed by atoms with Crippen LogP contribution in [0.2, 0.25) is 0 Å². The fraction of sp³-hybridized carbons (Fsp3) is 0.423. The zero-order valence-corrected chi connectivity index (χ0v) is 21.8. The second-order valence-corrected chi connectivity index (χ2v) is 10.9. The van der Waals surface area contributed by atoms with Gasteiger partial charge in [-0.1, -0.05) is 56.3 Å². The van der Waals surface area contributed by atoms with Gasteiger partial charge in [-0.15, -0.1) is 0 Å². The summed E-state index contributed by atoms with van der Waals surface area (Å²) in [6.45, 7) is 7.19. The zero-order chi connectivity index (χ0) is 26.2. The second kappa shape index (κ2) is 12.5. The first-order valence-electron chi connectivity index (χ1n) is 11.6. The summed E-state index contributed by atoms with van der Waals surface area (Å²) < 4.78 is 26.2. The van der Waals surface area contributed by atoms with Gasteiger partial charge in [-0.25, -0.2) is 8.42 Å². The van der Waals surface area contributed by atoms with Crippen molar-refractivity contribution in [3.8, 4) is 0 Å². The van der Waals surface area contributed by atoms with Crippen molar-refractivity contribution in [2.75, 3.05) is 30.2 Å². The maximum atomic E-state index is 13.5. The molecule has 0 unspecified atom stereocenters. The number of carbonyl (C=O) groups excluding carboxylic acids is 3. The van der Waals surface area contributed by atoms with Crippen molar-refractivity contribution in [3.63, 3.8) is 0 Å². The lowest BCUT2D eigenvalue weighted by Crippen LogP contribution is -2.52. The SMILES string of the molecule is CC(=O)c1cccc(N(CC(=O)N(CCc2ccccc2)[C@@H](C)C(=O)NCC(C)C)S(C)(=O)=O)c1. The molecular formula is C26H35N3O5S. The van der Waals surface area contributed by atoms with Crippen LogP contribution in [-0.2, 0) is 26.0 Å². The molecule has 2 rings (SSSR count). The normalized spacial score (nSPS) is 12.2. The maximum absolute atomic E-state index is 13.5. The van der Waals surface area contributed by atoms with E-state index < -0.39 is 28.5 Å². The molecule has 9 heteroatoms. The molecule has 35 heavy (non-hydrogen) atoms. The number of benzene rings is 2. The van der Waals surface area contributed by atoms with Crippen molar-refractivity contribution >= 4 is 33.3 Å². The molecule has 1 atom stereocenters. The third kappa shape index (κ3) is 8.51. The summed E-state index contributed by atoms with van der Waals surface area (Å²) in [6, 6.07) is 14.9. The van der Waals surface area contributed by atoms with E-state index >= 15 is 0 Å². The van der Waals surface area contributed by atoms with Crippen LogP contribution >= 0.6 is 0 Å². The van der Waals surface area contributed by atoms with Gasteiger partial charge in [0.1, 0.15) is 12.6 Å². The third-order valence-electron chi connectivity index (χ3n) is 5.56. The first kappa shape index (κ1) is 28.0. The molecule has 0 heterocycles. The van der Waals surface area contributed by atoms with Crippen LogP contribution in [0.5, 0.6) is 0 Å². The van der Waals surface area contributed by atoms with Gasteiger partial charge in [0.15, 0.2) is 5.78 Å². The third-order valence-corrected chi connectivity index (χ3v) is 6.70. The minimum Gasteiger partial charge on any atom is -0.354 e. The Morgan fingerprint density at radius 1 is 0.971 bits per heavy atom. The highest BCUT2D eigenvalue weighted by atomic mass is 32.2. The lowest BCUT2D eigenvalue weighted by Gasteiger charge is -2.31. The first-order valence-corrected chi connectivity index (χ1v) is 13.4. The van der Waals surface area contributed by atoms with Crippen molar-refractivity contribution in [2.24, 2.45) is 5.92 Å². The summed E-state index contributed by atoms with van der Waals surface area (Å²) in [5.74, 6) is -0.781. The quantitative estimate of drug-likeness (QED) is 0.451. The molecule has 8 nitrogen and oxygen atoms in total. The van der Waals surface area contributed by atoms with Crippen LogP contribution in [0.25, 0.3) is 0 Å². The molecule has 0 spiro atoms. The number of nitrogens with zero attached hydrogens (tertiary/aromatic N) is 2. The highest BCUT2D eigenvalue weighted by Crippen LogP contribution is 2.20. The summed E-state index contributed by atoms with van der Waals surface area (Å²) in [6.07, 6.45) is 1.51. The summed E-state index contributed by atoms with van der Waals surface area (Å²) in [7, 11) is -3.85. The number of anilines is 1. The average Bonchev–Trinajstić information content (AvgIpc) is 2.80. The van der Waals surface area contributed by atoms with E-state index in [4.69, 9.17) is 0 Å². The molecule has 0 radical (unpaired) electrons. The van der Waals surface area contributed by atoms with Gasteiger partial charge in [0.2, 0.25) is 21.8 Å². The minimum absolute atomic E-state index is 0.216. The number of nitrogens with one attached hydrogen (secondary N) is 1. The highest BCUT2D eigenvalue weighted by molar-refractivity contribution is 7.92. The van der Waals surface area contributed by atoms with E-state index in [2.05, 4.69) is 5.32 Å². The molecule has 0 aliphatic rings. The van der Waals surface area contributed by atoms with Gasteiger partial charge in [0.25, 0.3) is 0 Å². The van der Waals surface area contributed by atoms with Gasteiger partial charge in [0, 0.05) is 18.7 Å². The van der Waals surface area contributed by atoms with Gasteiger partial charge in [0.05, 0.1) is 11.9 Å². The van der Waals surface area contributed by atoms with Gasteiger partial charge in [-0.2, -0.15) is 0 Å². The number of sulfonamides is 1. The van der Waals surface area contributed by atoms with E-state index in [9.17, 15) is 22.8 Å². The fourth-order valence-corrected chi connectivity index (χ4v) is 4.36. The van der Waals surface area contributed by atoms with Crippen molar-refractivity contribution < 1.29 is 22.8 Å². The molecule has 0 aliphatic heterocycles. The summed E-state index contributed by atoms with van der Waals surface area (Å²) >= 11 is 0. The molecule has 190 valence electrons. The number of hydrogen-bond acceptors (Lipinski definition) is 5. The van der Waals surface area contributed by atoms with Crippen LogP contribution < -0.4 is 9.62 Å². The molecule has 0 aromatic heterocycles. The maximum Gasteiger partial charge on any atom is 0.244 e. The fourth-order valence-electron chi connectivity index (χ4n) is 3.52. The Labute approximate surface area is 208 Å². The molecule has 0 aliphatic carbocycles. The van der Waals surface area contributed by atoms with E-state index in [1.165, 1.54) is 24.0 Å². The minimum atomic E-state index is -3.85. The molecule has 0 saturated carbocycles. The number of rotatable bonds is 12. The number of hydrogen-bond donors (Lipinski definition) is 1. The van der Waals surface area contributed by atoms with Gasteiger partial charge >= 0.3 is 0 Å². The smallest absolute Gasteiger partial charge is 0.244 e. The van der Waals surface area contributed by atoms with E-state index in [-0.39, 0.29) is 29.8 Å². The van der Waals surface area contributed by atoms with E-state index in [0.717, 1.165) is 16.1 Å². The van der Waals surface area contributed by atoms with E-state index in [1.54, 1.807) is 19.1 Å². The number of amides is 2. The largest absolute Gasteiger partial charge is 0.354 e. The van der Waals surface area contributed by atoms with Gasteiger partial charge < -0.3 is 10.2 Å². The van der Waals surface area contributed by atoms with Gasteiger partial charge in [-0.3, -0.25) is 18.7 Å². The Morgan fingerprint density at radius 3 is 2.20 bits per heavy atom. The Morgan fingerprint density at radius 2 is 1.63 bits per heavy atom. The molecule has 2 aromatic rings. The summed E-state index contributed by atoms with van der Waals surface area (Å²) in [5.41, 5.74) is 1.55. The van der Waals surface area contributed by atoms with Crippen LogP contribution in [-0.4, -0.2) is 62.8 Å².